The van der Waals surface area contributed by atoms with Crippen LogP contribution in [0, 0.1) is 10.1 Å². The van der Waals surface area contributed by atoms with E-state index in [-0.39, 0.29) is 24.6 Å². The Balaban J connectivity index is 1.55. The highest BCUT2D eigenvalue weighted by Gasteiger charge is 2.72. The Morgan fingerprint density at radius 3 is 2.27 bits per heavy atom. The molecule has 0 unspecified atom stereocenters. The second kappa shape index (κ2) is 10.6. The number of hydrogen-bond donors (Lipinski definition) is 1. The van der Waals surface area contributed by atoms with Crippen LogP contribution in [0.5, 0.6) is 11.5 Å². The first-order valence-electron chi connectivity index (χ1n) is 12.7. The molecule has 0 spiro atoms. The van der Waals surface area contributed by atoms with Crippen molar-refractivity contribution in [3.05, 3.63) is 94.5 Å². The molecule has 3 aromatic rings. The molecule has 11 heteroatoms. The van der Waals surface area contributed by atoms with Crippen LogP contribution in [0.15, 0.2) is 78.9 Å². The van der Waals surface area contributed by atoms with Gasteiger partial charge >= 0.3 is 0 Å². The van der Waals surface area contributed by atoms with E-state index in [1.165, 1.54) is 29.2 Å². The van der Waals surface area contributed by atoms with Crippen LogP contribution in [0.4, 0.5) is 11.4 Å². The lowest BCUT2D eigenvalue weighted by Crippen LogP contribution is -2.84. The number of rotatable bonds is 9. The van der Waals surface area contributed by atoms with Crippen molar-refractivity contribution in [3.63, 3.8) is 0 Å². The van der Waals surface area contributed by atoms with Gasteiger partial charge in [-0.2, -0.15) is 0 Å². The number of nitrogens with zero attached hydrogens (tertiary/aromatic N) is 2. The summed E-state index contributed by atoms with van der Waals surface area (Å²) in [5.74, 6) is -1.51. The Morgan fingerprint density at radius 1 is 1.05 bits per heavy atom. The lowest BCUT2D eigenvalue weighted by atomic mass is 9.76. The van der Waals surface area contributed by atoms with Crippen LogP contribution in [0.25, 0.3) is 0 Å². The highest BCUT2D eigenvalue weighted by atomic mass is 16.7. The molecule has 0 aromatic heterocycles. The smallest absolute Gasteiger partial charge is 0.287 e. The van der Waals surface area contributed by atoms with E-state index in [1.807, 2.05) is 30.3 Å². The fourth-order valence-electron chi connectivity index (χ4n) is 4.98. The summed E-state index contributed by atoms with van der Waals surface area (Å²) < 4.78 is 23.5. The molecule has 5 rings (SSSR count). The van der Waals surface area contributed by atoms with Gasteiger partial charge in [0.25, 0.3) is 23.1 Å². The molecule has 40 heavy (non-hydrogen) atoms. The summed E-state index contributed by atoms with van der Waals surface area (Å²) in [4.78, 5) is 40.2. The topological polar surface area (TPSA) is 129 Å². The first-order chi connectivity index (χ1) is 19.1. The number of anilines is 1. The minimum absolute atomic E-state index is 0.106. The fourth-order valence-corrected chi connectivity index (χ4v) is 4.98. The van der Waals surface area contributed by atoms with E-state index in [0.717, 1.165) is 5.56 Å². The average Bonchev–Trinajstić information content (AvgIpc) is 3.32. The van der Waals surface area contributed by atoms with Gasteiger partial charge in [0.1, 0.15) is 23.6 Å². The Hall–Kier alpha value is -4.48. The van der Waals surface area contributed by atoms with Crippen LogP contribution in [0.1, 0.15) is 19.4 Å². The highest BCUT2D eigenvalue weighted by Crippen LogP contribution is 2.45. The zero-order chi connectivity index (χ0) is 28.5. The summed E-state index contributed by atoms with van der Waals surface area (Å²) in [5.41, 5.74) is -0.846. The van der Waals surface area contributed by atoms with E-state index in [9.17, 15) is 19.7 Å². The van der Waals surface area contributed by atoms with Gasteiger partial charge in [0.05, 0.1) is 18.6 Å². The predicted molar refractivity (Wildman–Crippen MR) is 144 cm³/mol. The third kappa shape index (κ3) is 4.96. The van der Waals surface area contributed by atoms with Crippen LogP contribution in [0.2, 0.25) is 0 Å². The molecule has 2 aliphatic heterocycles. The second-order valence-corrected chi connectivity index (χ2v) is 9.94. The first-order valence-corrected chi connectivity index (χ1v) is 12.7. The molecule has 1 N–H and O–H groups in total. The lowest BCUT2D eigenvalue weighted by molar-refractivity contribution is -0.384. The standard InChI is InChI=1S/C29H29N3O8/c1-28(2)38-18-24(40-28)25-29(26(33)30-17-19-7-5-4-6-8-19,39-23-15-11-21(12-16-23)32(35)36)27(34)31(25)20-9-13-22(37-3)14-10-20/h4-16,24-25H,17-18H2,1-3H3,(H,30,33)/t24-,25+,29+/m1/s1. The number of amides is 2. The average molecular weight is 548 g/mol. The van der Waals surface area contributed by atoms with Gasteiger partial charge in [-0.1, -0.05) is 30.3 Å². The molecule has 2 fully saturated rings. The van der Waals surface area contributed by atoms with Gasteiger partial charge in [0.2, 0.25) is 0 Å². The van der Waals surface area contributed by atoms with Crippen LogP contribution < -0.4 is 19.7 Å². The number of carbonyl (C=O) groups is 2. The van der Waals surface area contributed by atoms with Gasteiger partial charge in [-0.25, -0.2) is 0 Å². The molecular formula is C29H29N3O8. The summed E-state index contributed by atoms with van der Waals surface area (Å²) >= 11 is 0. The van der Waals surface area contributed by atoms with Gasteiger partial charge in [-0.05, 0) is 55.8 Å². The monoisotopic (exact) mass is 547 g/mol. The molecule has 0 aliphatic carbocycles. The molecule has 2 saturated heterocycles. The number of nitro groups is 1. The van der Waals surface area contributed by atoms with E-state index in [4.69, 9.17) is 18.9 Å². The van der Waals surface area contributed by atoms with E-state index < -0.39 is 40.3 Å². The van der Waals surface area contributed by atoms with Crippen LogP contribution in [-0.4, -0.2) is 54.0 Å². The molecule has 11 nitrogen and oxygen atoms in total. The molecule has 2 amide bonds. The van der Waals surface area contributed by atoms with Crippen molar-refractivity contribution in [1.82, 2.24) is 5.32 Å². The third-order valence-corrected chi connectivity index (χ3v) is 6.92. The zero-order valence-electron chi connectivity index (χ0n) is 22.2. The summed E-state index contributed by atoms with van der Waals surface area (Å²) in [6.07, 6.45) is -0.727. The SMILES string of the molecule is COc1ccc(N2C(=O)[C@@](Oc3ccc([N+](=O)[O-])cc3)(C(=O)NCc3ccccc3)[C@@H]2[C@H]2COC(C)(C)O2)cc1. The van der Waals surface area contributed by atoms with E-state index >= 15 is 0 Å². The molecule has 0 bridgehead atoms. The predicted octanol–water partition coefficient (Wildman–Crippen LogP) is 3.60. The fraction of sp³-hybridized carbons (Fsp3) is 0.310. The van der Waals surface area contributed by atoms with Crippen molar-refractivity contribution in [2.45, 2.75) is 43.9 Å². The summed E-state index contributed by atoms with van der Waals surface area (Å²) in [6, 6.07) is 20.4. The Bertz CT molecular complexity index is 1400. The zero-order valence-corrected chi connectivity index (χ0v) is 22.2. The van der Waals surface area contributed by atoms with Gasteiger partial charge in [-0.15, -0.1) is 0 Å². The number of ether oxygens (including phenoxy) is 4. The van der Waals surface area contributed by atoms with Crippen molar-refractivity contribution in [2.75, 3.05) is 18.6 Å². The minimum Gasteiger partial charge on any atom is -0.497 e. The summed E-state index contributed by atoms with van der Waals surface area (Å²) in [6.45, 7) is 3.76. The van der Waals surface area contributed by atoms with Crippen molar-refractivity contribution in [1.29, 1.82) is 0 Å². The first kappa shape index (κ1) is 27.1. The van der Waals surface area contributed by atoms with E-state index in [2.05, 4.69) is 5.32 Å². The van der Waals surface area contributed by atoms with Crippen LogP contribution in [0.3, 0.4) is 0 Å². The van der Waals surface area contributed by atoms with Gasteiger partial charge in [0.15, 0.2) is 5.79 Å². The van der Waals surface area contributed by atoms with E-state index in [0.29, 0.717) is 11.4 Å². The molecule has 0 radical (unpaired) electrons. The molecule has 2 heterocycles. The molecule has 3 atom stereocenters. The highest BCUT2D eigenvalue weighted by molar-refractivity contribution is 6.23. The number of nitro benzene ring substituents is 1. The third-order valence-electron chi connectivity index (χ3n) is 6.92. The molecular weight excluding hydrogens is 518 g/mol. The van der Waals surface area contributed by atoms with E-state index in [1.54, 1.807) is 45.2 Å². The number of methoxy groups -OCH3 is 1. The van der Waals surface area contributed by atoms with Crippen molar-refractivity contribution >= 4 is 23.2 Å². The second-order valence-electron chi connectivity index (χ2n) is 9.94. The number of benzene rings is 3. The Kier molecular flexibility index (Phi) is 7.17. The number of hydrogen-bond acceptors (Lipinski definition) is 8. The molecule has 208 valence electrons. The maximum absolute atomic E-state index is 14.1. The van der Waals surface area contributed by atoms with Gasteiger partial charge in [0, 0.05) is 24.4 Å². The minimum atomic E-state index is -2.04. The number of β-lactam (4-membered cyclic amide) rings is 1. The largest absolute Gasteiger partial charge is 0.497 e. The maximum atomic E-state index is 14.1. The quantitative estimate of drug-likeness (QED) is 0.186. The molecule has 3 aromatic carbocycles. The summed E-state index contributed by atoms with van der Waals surface area (Å²) in [5, 5.41) is 14.0. The van der Waals surface area contributed by atoms with Crippen molar-refractivity contribution in [3.8, 4) is 11.5 Å². The van der Waals surface area contributed by atoms with Gasteiger partial charge in [-0.3, -0.25) is 24.6 Å². The Morgan fingerprint density at radius 2 is 1.70 bits per heavy atom. The molecule has 0 saturated carbocycles. The van der Waals surface area contributed by atoms with Crippen LogP contribution in [-0.2, 0) is 25.6 Å². The number of non-ortho nitro benzene ring substituents is 1. The lowest BCUT2D eigenvalue weighted by Gasteiger charge is -2.55. The van der Waals surface area contributed by atoms with Crippen molar-refractivity contribution in [2.24, 2.45) is 0 Å². The van der Waals surface area contributed by atoms with Crippen molar-refractivity contribution < 1.29 is 33.5 Å². The van der Waals surface area contributed by atoms with Crippen LogP contribution >= 0.6 is 0 Å². The Labute approximate surface area is 230 Å². The number of carbonyl (C=O) groups excluding carboxylic acids is 2. The number of nitrogens with one attached hydrogen (secondary N) is 1. The normalized spacial score (nSPS) is 23.3. The maximum Gasteiger partial charge on any atom is 0.287 e. The van der Waals surface area contributed by atoms with Gasteiger partial charge < -0.3 is 24.3 Å². The summed E-state index contributed by atoms with van der Waals surface area (Å²) in [7, 11) is 1.54. The molecule has 2 aliphatic rings.